The number of hydrogen-bond donors (Lipinski definition) is 2. The lowest BCUT2D eigenvalue weighted by Gasteiger charge is -2.09. The summed E-state index contributed by atoms with van der Waals surface area (Å²) in [7, 11) is 1.52. The Balaban J connectivity index is 2.08. The van der Waals surface area contributed by atoms with Crippen LogP contribution < -0.4 is 15.6 Å². The normalized spacial score (nSPS) is 9.92. The van der Waals surface area contributed by atoms with Gasteiger partial charge in [-0.1, -0.05) is 12.1 Å². The van der Waals surface area contributed by atoms with Crippen molar-refractivity contribution in [2.45, 2.75) is 0 Å². The second-order valence-corrected chi connectivity index (χ2v) is 5.69. The molecule has 0 atom stereocenters. The van der Waals surface area contributed by atoms with E-state index in [9.17, 15) is 19.7 Å². The second kappa shape index (κ2) is 7.73. The summed E-state index contributed by atoms with van der Waals surface area (Å²) >= 11 is 2.01. The summed E-state index contributed by atoms with van der Waals surface area (Å²) in [4.78, 5) is 34.3. The van der Waals surface area contributed by atoms with Crippen molar-refractivity contribution in [1.29, 1.82) is 0 Å². The number of nitrogens with one attached hydrogen (secondary N) is 2. The van der Waals surface area contributed by atoms with E-state index < -0.39 is 16.7 Å². The molecule has 0 saturated carbocycles. The zero-order valence-electron chi connectivity index (χ0n) is 12.4. The third kappa shape index (κ3) is 3.98. The molecule has 0 saturated heterocycles. The minimum Gasteiger partial charge on any atom is -0.496 e. The van der Waals surface area contributed by atoms with Crippen molar-refractivity contribution in [3.8, 4) is 5.75 Å². The van der Waals surface area contributed by atoms with E-state index in [4.69, 9.17) is 4.74 Å². The number of carbonyl (C=O) groups is 2. The van der Waals surface area contributed by atoms with E-state index in [1.807, 2.05) is 22.6 Å². The molecule has 0 bridgehead atoms. The highest BCUT2D eigenvalue weighted by Crippen LogP contribution is 2.21. The van der Waals surface area contributed by atoms with Crippen LogP contribution in [0.4, 0.5) is 5.69 Å². The summed E-state index contributed by atoms with van der Waals surface area (Å²) in [6.07, 6.45) is 0. The quantitative estimate of drug-likeness (QED) is 0.430. The van der Waals surface area contributed by atoms with Gasteiger partial charge in [0.15, 0.2) is 0 Å². The number of rotatable bonds is 4. The van der Waals surface area contributed by atoms with Crippen LogP contribution in [0.3, 0.4) is 0 Å². The fraction of sp³-hybridized carbons (Fsp3) is 0.0667. The van der Waals surface area contributed by atoms with E-state index >= 15 is 0 Å². The average Bonchev–Trinajstić information content (AvgIpc) is 2.59. The number of methoxy groups -OCH3 is 1. The summed E-state index contributed by atoms with van der Waals surface area (Å²) < 4.78 is 5.83. The molecular formula is C15H12IN3O5. The number of nitro benzene ring substituents is 1. The Labute approximate surface area is 150 Å². The second-order valence-electron chi connectivity index (χ2n) is 4.53. The largest absolute Gasteiger partial charge is 0.496 e. The monoisotopic (exact) mass is 441 g/mol. The van der Waals surface area contributed by atoms with Crippen molar-refractivity contribution in [3.63, 3.8) is 0 Å². The Kier molecular flexibility index (Phi) is 5.68. The molecule has 9 heteroatoms. The highest BCUT2D eigenvalue weighted by atomic mass is 127. The number of hydrogen-bond acceptors (Lipinski definition) is 5. The van der Waals surface area contributed by atoms with E-state index in [0.717, 1.165) is 3.57 Å². The molecule has 2 N–H and O–H groups in total. The van der Waals surface area contributed by atoms with Crippen LogP contribution in [0.5, 0.6) is 5.75 Å². The third-order valence-electron chi connectivity index (χ3n) is 3.05. The van der Waals surface area contributed by atoms with Gasteiger partial charge < -0.3 is 4.74 Å². The van der Waals surface area contributed by atoms with E-state index in [1.165, 1.54) is 37.4 Å². The number of ether oxygens (including phenoxy) is 1. The Morgan fingerprint density at radius 2 is 1.79 bits per heavy atom. The van der Waals surface area contributed by atoms with Gasteiger partial charge in [-0.05, 0) is 46.9 Å². The number of amides is 2. The van der Waals surface area contributed by atoms with Crippen LogP contribution in [0, 0.1) is 13.7 Å². The molecule has 2 rings (SSSR count). The van der Waals surface area contributed by atoms with Crippen LogP contribution in [-0.2, 0) is 0 Å². The zero-order valence-corrected chi connectivity index (χ0v) is 14.6. The van der Waals surface area contributed by atoms with E-state index in [1.54, 1.807) is 12.1 Å². The third-order valence-corrected chi connectivity index (χ3v) is 3.89. The van der Waals surface area contributed by atoms with Gasteiger partial charge in [0.1, 0.15) is 11.3 Å². The van der Waals surface area contributed by atoms with Crippen LogP contribution in [0.2, 0.25) is 0 Å². The van der Waals surface area contributed by atoms with Gasteiger partial charge in [0.2, 0.25) is 0 Å². The Morgan fingerprint density at radius 1 is 1.12 bits per heavy atom. The predicted octanol–water partition coefficient (Wildman–Crippen LogP) is 2.28. The lowest BCUT2D eigenvalue weighted by atomic mass is 10.2. The van der Waals surface area contributed by atoms with Crippen LogP contribution >= 0.6 is 22.6 Å². The van der Waals surface area contributed by atoms with Crippen molar-refractivity contribution >= 4 is 40.1 Å². The van der Waals surface area contributed by atoms with Gasteiger partial charge in [-0.2, -0.15) is 0 Å². The number of halogens is 1. The van der Waals surface area contributed by atoms with Crippen molar-refractivity contribution in [2.75, 3.05) is 7.11 Å². The number of carbonyl (C=O) groups excluding carboxylic acids is 2. The first-order chi connectivity index (χ1) is 11.4. The molecule has 0 aliphatic rings. The molecule has 0 aliphatic carbocycles. The van der Waals surface area contributed by atoms with Crippen molar-refractivity contribution in [1.82, 2.24) is 10.9 Å². The first kappa shape index (κ1) is 17.7. The molecule has 0 aromatic heterocycles. The van der Waals surface area contributed by atoms with Gasteiger partial charge in [0.25, 0.3) is 17.5 Å². The molecule has 2 amide bonds. The minimum absolute atomic E-state index is 0.146. The Morgan fingerprint density at radius 3 is 2.42 bits per heavy atom. The highest BCUT2D eigenvalue weighted by Gasteiger charge is 2.19. The molecule has 0 aliphatic heterocycles. The average molecular weight is 441 g/mol. The minimum atomic E-state index is -0.779. The van der Waals surface area contributed by atoms with Gasteiger partial charge in [-0.3, -0.25) is 30.6 Å². The maximum atomic E-state index is 12.0. The highest BCUT2D eigenvalue weighted by molar-refractivity contribution is 14.1. The standard InChI is InChI=1S/C15H12IN3O5/c1-24-13-7-6-9(8-11(13)16)14(20)17-18-15(21)10-4-2-3-5-12(10)19(22)23/h2-8H,1H3,(H,17,20)(H,18,21). The molecule has 24 heavy (non-hydrogen) atoms. The molecular weight excluding hydrogens is 429 g/mol. The fourth-order valence-corrected chi connectivity index (χ4v) is 2.62. The van der Waals surface area contributed by atoms with Gasteiger partial charge in [-0.15, -0.1) is 0 Å². The summed E-state index contributed by atoms with van der Waals surface area (Å²) in [5.74, 6) is -0.711. The van der Waals surface area contributed by atoms with Gasteiger partial charge in [-0.25, -0.2) is 0 Å². The van der Waals surface area contributed by atoms with E-state index in [2.05, 4.69) is 10.9 Å². The maximum absolute atomic E-state index is 12.0. The maximum Gasteiger partial charge on any atom is 0.282 e. The number of hydrazine groups is 1. The van der Waals surface area contributed by atoms with Crippen LogP contribution in [-0.4, -0.2) is 23.8 Å². The number of nitrogens with zero attached hydrogens (tertiary/aromatic N) is 1. The van der Waals surface area contributed by atoms with Gasteiger partial charge in [0.05, 0.1) is 15.6 Å². The molecule has 2 aromatic rings. The molecule has 0 radical (unpaired) electrons. The first-order valence-electron chi connectivity index (χ1n) is 6.61. The number of nitro groups is 1. The Bertz CT molecular complexity index is 809. The number of para-hydroxylation sites is 1. The van der Waals surface area contributed by atoms with E-state index in [0.29, 0.717) is 11.3 Å². The molecule has 0 fully saturated rings. The Hall–Kier alpha value is -2.69. The molecule has 0 unspecified atom stereocenters. The fourth-order valence-electron chi connectivity index (χ4n) is 1.89. The van der Waals surface area contributed by atoms with Crippen LogP contribution in [0.25, 0.3) is 0 Å². The van der Waals surface area contributed by atoms with E-state index in [-0.39, 0.29) is 11.3 Å². The molecule has 0 heterocycles. The molecule has 8 nitrogen and oxygen atoms in total. The van der Waals surface area contributed by atoms with Crippen LogP contribution in [0.15, 0.2) is 42.5 Å². The summed E-state index contributed by atoms with van der Waals surface area (Å²) in [6, 6.07) is 10.2. The first-order valence-corrected chi connectivity index (χ1v) is 7.69. The molecule has 0 spiro atoms. The van der Waals surface area contributed by atoms with Gasteiger partial charge >= 0.3 is 0 Å². The summed E-state index contributed by atoms with van der Waals surface area (Å²) in [5.41, 5.74) is 4.20. The zero-order chi connectivity index (χ0) is 17.7. The molecule has 124 valence electrons. The lowest BCUT2D eigenvalue weighted by Crippen LogP contribution is -2.41. The van der Waals surface area contributed by atoms with Crippen molar-refractivity contribution in [3.05, 3.63) is 67.3 Å². The van der Waals surface area contributed by atoms with Crippen molar-refractivity contribution < 1.29 is 19.2 Å². The molecule has 2 aromatic carbocycles. The lowest BCUT2D eigenvalue weighted by molar-refractivity contribution is -0.385. The topological polar surface area (TPSA) is 111 Å². The van der Waals surface area contributed by atoms with Crippen molar-refractivity contribution in [2.24, 2.45) is 0 Å². The van der Waals surface area contributed by atoms with Gasteiger partial charge in [0, 0.05) is 11.6 Å². The number of benzene rings is 2. The predicted molar refractivity (Wildman–Crippen MR) is 93.7 cm³/mol. The summed E-state index contributed by atoms with van der Waals surface area (Å²) in [6.45, 7) is 0. The van der Waals surface area contributed by atoms with Crippen LogP contribution in [0.1, 0.15) is 20.7 Å². The SMILES string of the molecule is COc1ccc(C(=O)NNC(=O)c2ccccc2[N+](=O)[O-])cc1I. The summed E-state index contributed by atoms with van der Waals surface area (Å²) in [5, 5.41) is 10.9. The smallest absolute Gasteiger partial charge is 0.282 e.